The first-order valence-corrected chi connectivity index (χ1v) is 44.9. The second kappa shape index (κ2) is 35.7. The number of aromatic nitrogens is 12. The van der Waals surface area contributed by atoms with Gasteiger partial charge in [-0.3, -0.25) is 33.7 Å². The maximum atomic E-state index is 13.9. The topological polar surface area (TPSA) is 238 Å². The van der Waals surface area contributed by atoms with E-state index >= 15 is 0 Å². The molecule has 22 heteroatoms. The zero-order valence-electron chi connectivity index (χ0n) is 79.1. The van der Waals surface area contributed by atoms with Crippen molar-refractivity contribution < 1.29 is 28.8 Å². The zero-order chi connectivity index (χ0) is 94.3. The molecule has 0 atom stereocenters. The van der Waals surface area contributed by atoms with Crippen LogP contribution in [0.3, 0.4) is 0 Å². The van der Waals surface area contributed by atoms with E-state index in [-0.39, 0.29) is 29.2 Å². The summed E-state index contributed by atoms with van der Waals surface area (Å²) in [7, 11) is 0. The number of benzene rings is 9. The van der Waals surface area contributed by atoms with Crippen LogP contribution in [0.15, 0.2) is 213 Å². The van der Waals surface area contributed by atoms with Gasteiger partial charge in [0.1, 0.15) is 34.4 Å². The average Bonchev–Trinajstić information content (AvgIpc) is 1.58. The summed E-state index contributed by atoms with van der Waals surface area (Å²) in [4.78, 5) is 105. The maximum Gasteiger partial charge on any atom is 0.287 e. The smallest absolute Gasteiger partial charge is 0.287 e. The molecule has 0 saturated heterocycles. The minimum atomic E-state index is -0.475. The number of pyridine rings is 2. The molecule has 11 heterocycles. The number of amides is 6. The lowest BCUT2D eigenvalue weighted by Gasteiger charge is -2.29. The van der Waals surface area contributed by atoms with Crippen LogP contribution in [0.5, 0.6) is 0 Å². The lowest BCUT2D eigenvalue weighted by atomic mass is 9.97. The number of imide groups is 2. The van der Waals surface area contributed by atoms with E-state index in [9.17, 15) is 28.8 Å². The van der Waals surface area contributed by atoms with E-state index in [1.165, 1.54) is 50.1 Å². The number of hydrogen-bond acceptors (Lipinski definition) is 14. The summed E-state index contributed by atoms with van der Waals surface area (Å²) in [6, 6.07) is 63.3. The Kier molecular flexibility index (Phi) is 24.0. The lowest BCUT2D eigenvalue weighted by molar-refractivity contribution is 0.0904. The molecule has 0 spiro atoms. The standard InChI is InChI=1S/C30H31N3O.C28H28N4O.C27H24N4O2.C26H23N5O2/c1-18-9-7-8-10-25(18)24-11-12-27(22(5)16-24)32-14-13-26-23(6)31-33(29(26)30(32)34)28-17-20(3)19(2)15-21(28)4;1-17-8-6-7-9-23(17)22-10-11-26(29-16-22)31-13-12-24-21(5)30-32(27(24)28(31)33)25-15-19(3)18(2)14-20(25)4;1-15-8-6-7-9-21(15)20-10-11-23(28-14-20)30-26(32)24-19(5)29-31(25(24)27(30)33)22-13-17(3)16(2)12-18(22)4;1-14-8-6-7-9-20(14)19-12-27-26(28-13-19)30-24(32)22-18(5)29-31(23(22)25(30)33)21-11-16(3)15(2)10-17(21)4/h7-12,15-17H,13-14H2,1-6H3;6-11,14-16H,12-13H2,1-5H3;6-14H,1-5H3;6-13H,1-5H3. The molecule has 0 aliphatic carbocycles. The summed E-state index contributed by atoms with van der Waals surface area (Å²) >= 11 is 0. The lowest BCUT2D eigenvalue weighted by Crippen LogP contribution is -2.39. The highest BCUT2D eigenvalue weighted by Crippen LogP contribution is 2.40. The van der Waals surface area contributed by atoms with Crippen molar-refractivity contribution in [2.24, 2.45) is 0 Å². The molecule has 0 saturated carbocycles. The Morgan fingerprint density at radius 3 is 0.925 bits per heavy atom. The Morgan fingerprint density at radius 2 is 0.541 bits per heavy atom. The fourth-order valence-corrected chi connectivity index (χ4v) is 18.5. The SMILES string of the molecule is Cc1cc(C)c(-n2nc(C)c3c2C(=O)N(c2ccc(-c4ccccc4C)cc2C)CC3)cc1C.Cc1cc(C)c(-n2nc(C)c3c2C(=O)N(c2ccc(-c4ccccc4C)cn2)C3=O)cc1C.Cc1cc(C)c(-n2nc(C)c3c2C(=O)N(c2ccc(-c4ccccc4C)cn2)CC3)cc1C.Cc1cc(C)c(-n2nc(C)c3c2C(=O)N(c2ncc(-c4ccccc4C)cn2)C3=O)cc1C. The quantitative estimate of drug-likeness (QED) is 0.103. The van der Waals surface area contributed by atoms with E-state index in [2.05, 4.69) is 183 Å². The number of fused-ring (bicyclic) bond motifs is 4. The van der Waals surface area contributed by atoms with Gasteiger partial charge in [0.2, 0.25) is 5.95 Å². The molecule has 6 amide bonds. The molecular weight excluding hydrogens is 1650 g/mol. The van der Waals surface area contributed by atoms with Crippen LogP contribution in [-0.2, 0) is 12.8 Å². The average molecular weight is 1760 g/mol. The summed E-state index contributed by atoms with van der Waals surface area (Å²) in [5.74, 6) is -0.730. The van der Waals surface area contributed by atoms with Crippen LogP contribution < -0.4 is 19.6 Å². The second-order valence-electron chi connectivity index (χ2n) is 35.6. The molecule has 0 unspecified atom stereocenters. The molecule has 0 N–H and O–H groups in total. The number of anilines is 4. The molecule has 0 bridgehead atoms. The number of aryl methyl sites for hydroxylation is 21. The molecule has 4 aliphatic heterocycles. The predicted molar refractivity (Wildman–Crippen MR) is 525 cm³/mol. The van der Waals surface area contributed by atoms with Crippen molar-refractivity contribution in [2.45, 2.75) is 158 Å². The van der Waals surface area contributed by atoms with E-state index < -0.39 is 23.6 Å². The van der Waals surface area contributed by atoms with Crippen LogP contribution in [0, 0.1) is 145 Å². The minimum absolute atomic E-state index is 0.0196. The molecule has 22 nitrogen and oxygen atoms in total. The van der Waals surface area contributed by atoms with Gasteiger partial charge in [0.05, 0.1) is 56.7 Å². The van der Waals surface area contributed by atoms with Crippen LogP contribution in [0.4, 0.5) is 23.3 Å². The highest BCUT2D eigenvalue weighted by molar-refractivity contribution is 6.35. The Hall–Kier alpha value is -15.6. The molecule has 20 rings (SSSR count). The van der Waals surface area contributed by atoms with Gasteiger partial charge in [-0.15, -0.1) is 0 Å². The molecular formula is C111H106N16O6. The highest BCUT2D eigenvalue weighted by atomic mass is 16.2. The van der Waals surface area contributed by atoms with E-state index in [4.69, 9.17) is 10.2 Å². The first-order chi connectivity index (χ1) is 63.7. The van der Waals surface area contributed by atoms with Crippen molar-refractivity contribution in [3.63, 3.8) is 0 Å². The Bertz CT molecular complexity index is 7260. The third kappa shape index (κ3) is 16.3. The van der Waals surface area contributed by atoms with Crippen molar-refractivity contribution in [2.75, 3.05) is 32.7 Å². The predicted octanol–water partition coefficient (Wildman–Crippen LogP) is 22.2. The third-order valence-electron chi connectivity index (χ3n) is 26.5. The van der Waals surface area contributed by atoms with Crippen molar-refractivity contribution in [1.29, 1.82) is 0 Å². The Morgan fingerprint density at radius 1 is 0.233 bits per heavy atom. The normalized spacial score (nSPS) is 13.2. The summed E-state index contributed by atoms with van der Waals surface area (Å²) in [5, 5.41) is 18.7. The summed E-state index contributed by atoms with van der Waals surface area (Å²) in [5.41, 5.74) is 39.7. The second-order valence-corrected chi connectivity index (χ2v) is 35.6. The van der Waals surface area contributed by atoms with Gasteiger partial charge in [-0.1, -0.05) is 127 Å². The number of rotatable bonds is 12. The van der Waals surface area contributed by atoms with E-state index in [1.54, 1.807) is 52.8 Å². The van der Waals surface area contributed by atoms with Gasteiger partial charge in [-0.05, 0) is 341 Å². The van der Waals surface area contributed by atoms with Gasteiger partial charge in [0.25, 0.3) is 35.4 Å². The zero-order valence-corrected chi connectivity index (χ0v) is 79.1. The number of carbonyl (C=O) groups is 6. The molecule has 4 aliphatic rings. The summed E-state index contributed by atoms with van der Waals surface area (Å²) < 4.78 is 6.89. The van der Waals surface area contributed by atoms with Gasteiger partial charge in [0.15, 0.2) is 0 Å². The molecule has 666 valence electrons. The third-order valence-corrected chi connectivity index (χ3v) is 26.5. The molecule has 133 heavy (non-hydrogen) atoms. The maximum absolute atomic E-state index is 13.9. The van der Waals surface area contributed by atoms with Crippen molar-refractivity contribution in [3.8, 4) is 67.3 Å². The Labute approximate surface area is 775 Å². The molecule has 16 aromatic rings. The number of hydrogen-bond donors (Lipinski definition) is 0. The van der Waals surface area contributed by atoms with E-state index in [1.807, 2.05) is 181 Å². The number of carbonyl (C=O) groups excluding carboxylic acids is 6. The van der Waals surface area contributed by atoms with Crippen LogP contribution in [-0.4, -0.2) is 108 Å². The van der Waals surface area contributed by atoms with Crippen LogP contribution in [0.1, 0.15) is 191 Å². The summed E-state index contributed by atoms with van der Waals surface area (Å²) in [6.45, 7) is 43.8. The van der Waals surface area contributed by atoms with Gasteiger partial charge < -0.3 is 4.90 Å². The Balaban J connectivity index is 0.000000124. The number of nitrogens with zero attached hydrogens (tertiary/aromatic N) is 16. The minimum Gasteiger partial charge on any atom is -0.306 e. The van der Waals surface area contributed by atoms with Crippen molar-refractivity contribution >= 4 is 58.7 Å². The van der Waals surface area contributed by atoms with Crippen LogP contribution in [0.25, 0.3) is 67.3 Å². The van der Waals surface area contributed by atoms with E-state index in [0.717, 1.165) is 163 Å². The highest BCUT2D eigenvalue weighted by Gasteiger charge is 2.46. The summed E-state index contributed by atoms with van der Waals surface area (Å²) in [6.07, 6.45) is 8.40. The van der Waals surface area contributed by atoms with E-state index in [0.29, 0.717) is 58.6 Å². The van der Waals surface area contributed by atoms with Crippen LogP contribution >= 0.6 is 0 Å². The van der Waals surface area contributed by atoms with Crippen LogP contribution in [0.2, 0.25) is 0 Å². The molecule has 7 aromatic heterocycles. The monoisotopic (exact) mass is 1760 g/mol. The van der Waals surface area contributed by atoms with Gasteiger partial charge in [-0.2, -0.15) is 20.4 Å². The first kappa shape index (κ1) is 89.4. The van der Waals surface area contributed by atoms with Gasteiger partial charge in [-0.25, -0.2) is 48.5 Å². The fourth-order valence-electron chi connectivity index (χ4n) is 18.5. The van der Waals surface area contributed by atoms with Crippen molar-refractivity contribution in [1.82, 2.24) is 59.1 Å². The first-order valence-electron chi connectivity index (χ1n) is 44.9. The van der Waals surface area contributed by atoms with Gasteiger partial charge >= 0.3 is 0 Å². The molecule has 0 radical (unpaired) electrons. The molecule has 9 aromatic carbocycles. The van der Waals surface area contributed by atoms with Crippen molar-refractivity contribution in [3.05, 3.63) is 375 Å². The molecule has 0 fully saturated rings. The fraction of sp³-hybridized carbons (Fsp3) is 0.225. The van der Waals surface area contributed by atoms with Gasteiger partial charge in [0, 0.05) is 71.4 Å². The largest absolute Gasteiger partial charge is 0.306 e.